The van der Waals surface area contributed by atoms with Crippen molar-refractivity contribution < 1.29 is 9.59 Å². The summed E-state index contributed by atoms with van der Waals surface area (Å²) in [7, 11) is 0. The number of benzene rings is 1. The molecule has 3 rings (SSSR count). The first-order valence-corrected chi connectivity index (χ1v) is 10.5. The summed E-state index contributed by atoms with van der Waals surface area (Å²) >= 11 is 2.87. The Labute approximate surface area is 170 Å². The number of nitrogens with one attached hydrogen (secondary N) is 3. The van der Waals surface area contributed by atoms with Crippen molar-refractivity contribution in [3.05, 3.63) is 50.9 Å². The maximum absolute atomic E-state index is 12.3. The zero-order valence-electron chi connectivity index (χ0n) is 15.7. The number of aryl methyl sites for hydroxylation is 2. The van der Waals surface area contributed by atoms with Crippen LogP contribution in [0.3, 0.4) is 0 Å². The number of aromatic amines is 1. The number of amides is 2. The molecule has 0 unspecified atom stereocenters. The molecule has 9 heteroatoms. The summed E-state index contributed by atoms with van der Waals surface area (Å²) in [5, 5.41) is 6.11. The molecule has 2 aromatic heterocycles. The van der Waals surface area contributed by atoms with Crippen LogP contribution in [0.4, 0.5) is 11.4 Å². The Morgan fingerprint density at radius 1 is 1.21 bits per heavy atom. The first kappa shape index (κ1) is 20.1. The Balaban J connectivity index is 1.58. The number of H-pyrrole nitrogens is 1. The maximum Gasteiger partial charge on any atom is 0.259 e. The largest absolute Gasteiger partial charge is 0.326 e. The minimum atomic E-state index is -0.173. The lowest BCUT2D eigenvalue weighted by molar-refractivity contribution is -0.114. The lowest BCUT2D eigenvalue weighted by Crippen LogP contribution is -2.15. The van der Waals surface area contributed by atoms with E-state index >= 15 is 0 Å². The minimum absolute atomic E-state index is 0.137. The molecule has 0 aliphatic carbocycles. The maximum atomic E-state index is 12.3. The van der Waals surface area contributed by atoms with E-state index in [1.54, 1.807) is 24.3 Å². The van der Waals surface area contributed by atoms with Gasteiger partial charge in [0.1, 0.15) is 10.7 Å². The number of rotatable bonds is 6. The molecule has 0 aliphatic heterocycles. The normalized spacial score (nSPS) is 10.8. The van der Waals surface area contributed by atoms with Crippen LogP contribution in [0.15, 0.2) is 29.1 Å². The fraction of sp³-hybridized carbons (Fsp3) is 0.263. The SMILES string of the molecule is CC(=O)Nc1cccc(NC(=O)CSCc2nc3sc(C)c(C)c3c(=O)[nH]2)c1. The lowest BCUT2D eigenvalue weighted by atomic mass is 10.2. The quantitative estimate of drug-likeness (QED) is 0.571. The fourth-order valence-electron chi connectivity index (χ4n) is 2.68. The Morgan fingerprint density at radius 3 is 2.64 bits per heavy atom. The van der Waals surface area contributed by atoms with Gasteiger partial charge in [-0.05, 0) is 37.6 Å². The number of anilines is 2. The van der Waals surface area contributed by atoms with Crippen molar-refractivity contribution in [3.63, 3.8) is 0 Å². The van der Waals surface area contributed by atoms with Crippen LogP contribution in [0.25, 0.3) is 10.2 Å². The van der Waals surface area contributed by atoms with Crippen molar-refractivity contribution in [2.45, 2.75) is 26.5 Å². The molecular weight excluding hydrogens is 396 g/mol. The van der Waals surface area contributed by atoms with Crippen LogP contribution >= 0.6 is 23.1 Å². The van der Waals surface area contributed by atoms with E-state index in [9.17, 15) is 14.4 Å². The van der Waals surface area contributed by atoms with Crippen LogP contribution < -0.4 is 16.2 Å². The molecule has 0 saturated carbocycles. The molecule has 3 aromatic rings. The van der Waals surface area contributed by atoms with Gasteiger partial charge in [0.25, 0.3) is 5.56 Å². The van der Waals surface area contributed by atoms with E-state index in [2.05, 4.69) is 20.6 Å². The zero-order valence-corrected chi connectivity index (χ0v) is 17.3. The smallest absolute Gasteiger partial charge is 0.259 e. The first-order chi connectivity index (χ1) is 13.3. The molecule has 0 saturated heterocycles. The molecule has 1 aromatic carbocycles. The van der Waals surface area contributed by atoms with Gasteiger partial charge in [-0.2, -0.15) is 0 Å². The van der Waals surface area contributed by atoms with Gasteiger partial charge in [0.05, 0.1) is 16.9 Å². The standard InChI is InChI=1S/C19H20N4O3S2/c1-10-11(2)28-19-17(10)18(26)22-15(23-19)8-27-9-16(25)21-14-6-4-5-13(7-14)20-12(3)24/h4-7H,8-9H2,1-3H3,(H,20,24)(H,21,25)(H,22,23,26). The molecule has 0 fully saturated rings. The summed E-state index contributed by atoms with van der Waals surface area (Å²) < 4.78 is 0. The number of hydrogen-bond acceptors (Lipinski definition) is 6. The van der Waals surface area contributed by atoms with E-state index in [1.807, 2.05) is 13.8 Å². The molecule has 2 amide bonds. The summed E-state index contributed by atoms with van der Waals surface area (Å²) in [6, 6.07) is 6.95. The molecule has 0 radical (unpaired) electrons. The summed E-state index contributed by atoms with van der Waals surface area (Å²) in [6.45, 7) is 5.32. The van der Waals surface area contributed by atoms with E-state index in [0.29, 0.717) is 28.3 Å². The Bertz CT molecular complexity index is 1100. The van der Waals surface area contributed by atoms with E-state index in [4.69, 9.17) is 0 Å². The van der Waals surface area contributed by atoms with Crippen LogP contribution in [0, 0.1) is 13.8 Å². The molecule has 0 spiro atoms. The van der Waals surface area contributed by atoms with Crippen LogP contribution in [0.5, 0.6) is 0 Å². The molecule has 0 bridgehead atoms. The number of aromatic nitrogens is 2. The highest BCUT2D eigenvalue weighted by molar-refractivity contribution is 7.99. The van der Waals surface area contributed by atoms with Gasteiger partial charge in [-0.1, -0.05) is 6.07 Å². The van der Waals surface area contributed by atoms with Gasteiger partial charge in [0, 0.05) is 23.2 Å². The Morgan fingerprint density at radius 2 is 1.93 bits per heavy atom. The van der Waals surface area contributed by atoms with Crippen molar-refractivity contribution in [2.24, 2.45) is 0 Å². The van der Waals surface area contributed by atoms with Gasteiger partial charge < -0.3 is 15.6 Å². The van der Waals surface area contributed by atoms with E-state index in [-0.39, 0.29) is 23.1 Å². The summed E-state index contributed by atoms with van der Waals surface area (Å²) in [5.41, 5.74) is 2.06. The highest BCUT2D eigenvalue weighted by atomic mass is 32.2. The van der Waals surface area contributed by atoms with E-state index in [0.717, 1.165) is 15.3 Å². The number of carbonyl (C=O) groups excluding carboxylic acids is 2. The van der Waals surface area contributed by atoms with Crippen LogP contribution in [-0.4, -0.2) is 27.5 Å². The molecule has 3 N–H and O–H groups in total. The van der Waals surface area contributed by atoms with Gasteiger partial charge in [0.2, 0.25) is 11.8 Å². The third kappa shape index (κ3) is 4.79. The molecule has 0 aliphatic rings. The van der Waals surface area contributed by atoms with Crippen molar-refractivity contribution in [2.75, 3.05) is 16.4 Å². The van der Waals surface area contributed by atoms with Gasteiger partial charge >= 0.3 is 0 Å². The fourth-order valence-corrected chi connectivity index (χ4v) is 4.42. The van der Waals surface area contributed by atoms with Crippen molar-refractivity contribution in [3.8, 4) is 0 Å². The highest BCUT2D eigenvalue weighted by Crippen LogP contribution is 2.26. The van der Waals surface area contributed by atoms with Gasteiger partial charge in [-0.15, -0.1) is 23.1 Å². The predicted molar refractivity (Wildman–Crippen MR) is 115 cm³/mol. The highest BCUT2D eigenvalue weighted by Gasteiger charge is 2.12. The third-order valence-electron chi connectivity index (χ3n) is 4.03. The second-order valence-corrected chi connectivity index (χ2v) is 8.47. The molecule has 7 nitrogen and oxygen atoms in total. The van der Waals surface area contributed by atoms with Crippen molar-refractivity contribution >= 4 is 56.5 Å². The number of thiophene rings is 1. The number of carbonyl (C=O) groups is 2. The number of fused-ring (bicyclic) bond motifs is 1. The molecule has 2 heterocycles. The van der Waals surface area contributed by atoms with Crippen LogP contribution in [0.2, 0.25) is 0 Å². The topological polar surface area (TPSA) is 104 Å². The Hall–Kier alpha value is -2.65. The first-order valence-electron chi connectivity index (χ1n) is 8.57. The van der Waals surface area contributed by atoms with Crippen molar-refractivity contribution in [1.29, 1.82) is 0 Å². The van der Waals surface area contributed by atoms with Gasteiger partial charge in [-0.25, -0.2) is 4.98 Å². The monoisotopic (exact) mass is 416 g/mol. The van der Waals surface area contributed by atoms with Crippen LogP contribution in [-0.2, 0) is 15.3 Å². The molecule has 28 heavy (non-hydrogen) atoms. The summed E-state index contributed by atoms with van der Waals surface area (Å²) in [4.78, 5) is 44.7. The summed E-state index contributed by atoms with van der Waals surface area (Å²) in [5.74, 6) is 0.865. The van der Waals surface area contributed by atoms with E-state index in [1.165, 1.54) is 30.0 Å². The van der Waals surface area contributed by atoms with Crippen LogP contribution in [0.1, 0.15) is 23.2 Å². The van der Waals surface area contributed by atoms with Crippen molar-refractivity contribution in [1.82, 2.24) is 9.97 Å². The summed E-state index contributed by atoms with van der Waals surface area (Å²) in [6.07, 6.45) is 0. The van der Waals surface area contributed by atoms with Gasteiger partial charge in [-0.3, -0.25) is 14.4 Å². The molecule has 0 atom stereocenters. The zero-order chi connectivity index (χ0) is 20.3. The minimum Gasteiger partial charge on any atom is -0.326 e. The Kier molecular flexibility index (Phi) is 6.15. The number of nitrogens with zero attached hydrogens (tertiary/aromatic N) is 1. The molecular formula is C19H20N4O3S2. The third-order valence-corrected chi connectivity index (χ3v) is 6.07. The second-order valence-electron chi connectivity index (χ2n) is 6.28. The lowest BCUT2D eigenvalue weighted by Gasteiger charge is -2.08. The predicted octanol–water partition coefficient (Wildman–Crippen LogP) is 3.43. The molecule has 146 valence electrons. The number of hydrogen-bond donors (Lipinski definition) is 3. The van der Waals surface area contributed by atoms with E-state index < -0.39 is 0 Å². The second kappa shape index (κ2) is 8.57. The van der Waals surface area contributed by atoms with Gasteiger partial charge in [0.15, 0.2) is 0 Å². The average Bonchev–Trinajstić information content (AvgIpc) is 2.89. The average molecular weight is 417 g/mol. The number of thioether (sulfide) groups is 1.